The topological polar surface area (TPSA) is 118 Å². The molecule has 0 aliphatic rings. The Labute approximate surface area is 164 Å². The number of para-hydroxylation sites is 1. The highest BCUT2D eigenvalue weighted by molar-refractivity contribution is 5.96. The lowest BCUT2D eigenvalue weighted by Crippen LogP contribution is -2.08. The standard InChI is InChI=1S/C20H17NO8/c1-3-27-20(23)18-14(13-6-4-5-7-16(13)29-18)11-28-17-9-8-12(19(22)26-2)10-15(17)21(24)25/h4-10H,3,11H2,1-2H3. The number of nitro groups is 1. The van der Waals surface area contributed by atoms with E-state index in [9.17, 15) is 19.7 Å². The van der Waals surface area contributed by atoms with Gasteiger partial charge in [0.15, 0.2) is 5.75 Å². The summed E-state index contributed by atoms with van der Waals surface area (Å²) < 4.78 is 20.8. The molecule has 0 spiro atoms. The average molecular weight is 399 g/mol. The Morgan fingerprint density at radius 2 is 1.90 bits per heavy atom. The summed E-state index contributed by atoms with van der Waals surface area (Å²) in [4.78, 5) is 34.6. The monoisotopic (exact) mass is 399 g/mol. The zero-order valence-corrected chi connectivity index (χ0v) is 15.7. The SMILES string of the molecule is CCOC(=O)c1oc2ccccc2c1COc1ccc(C(=O)OC)cc1[N+](=O)[O-]. The first kappa shape index (κ1) is 19.9. The van der Waals surface area contributed by atoms with E-state index in [4.69, 9.17) is 13.9 Å². The van der Waals surface area contributed by atoms with Gasteiger partial charge in [-0.2, -0.15) is 0 Å². The molecule has 0 atom stereocenters. The molecule has 0 fully saturated rings. The van der Waals surface area contributed by atoms with Gasteiger partial charge in [0.2, 0.25) is 5.76 Å². The van der Waals surface area contributed by atoms with E-state index in [0.717, 1.165) is 6.07 Å². The Bertz CT molecular complexity index is 1090. The summed E-state index contributed by atoms with van der Waals surface area (Å²) in [6.07, 6.45) is 0. The largest absolute Gasteiger partial charge is 0.482 e. The van der Waals surface area contributed by atoms with Crippen molar-refractivity contribution in [3.05, 3.63) is 69.5 Å². The van der Waals surface area contributed by atoms with Crippen molar-refractivity contribution in [2.45, 2.75) is 13.5 Å². The summed E-state index contributed by atoms with van der Waals surface area (Å²) >= 11 is 0. The summed E-state index contributed by atoms with van der Waals surface area (Å²) in [5, 5.41) is 12.0. The van der Waals surface area contributed by atoms with Crippen molar-refractivity contribution < 1.29 is 33.1 Å². The maximum absolute atomic E-state index is 12.2. The number of esters is 2. The maximum atomic E-state index is 12.2. The average Bonchev–Trinajstić information content (AvgIpc) is 3.10. The van der Waals surface area contributed by atoms with Gasteiger partial charge in [-0.15, -0.1) is 0 Å². The van der Waals surface area contributed by atoms with Crippen LogP contribution < -0.4 is 4.74 Å². The minimum Gasteiger partial charge on any atom is -0.482 e. The fraction of sp³-hybridized carbons (Fsp3) is 0.200. The molecule has 0 N–H and O–H groups in total. The van der Waals surface area contributed by atoms with Crippen LogP contribution in [0.15, 0.2) is 46.9 Å². The number of benzene rings is 2. The summed E-state index contributed by atoms with van der Waals surface area (Å²) in [6.45, 7) is 1.66. The number of furan rings is 1. The smallest absolute Gasteiger partial charge is 0.374 e. The van der Waals surface area contributed by atoms with Gasteiger partial charge in [0.25, 0.3) is 0 Å². The van der Waals surface area contributed by atoms with Crippen LogP contribution in [0.4, 0.5) is 5.69 Å². The molecule has 9 heteroatoms. The van der Waals surface area contributed by atoms with Crippen molar-refractivity contribution in [2.75, 3.05) is 13.7 Å². The number of ether oxygens (including phenoxy) is 3. The van der Waals surface area contributed by atoms with E-state index in [1.54, 1.807) is 31.2 Å². The number of methoxy groups -OCH3 is 1. The molecule has 1 aromatic heterocycles. The Hall–Kier alpha value is -3.88. The molecule has 1 heterocycles. The molecule has 3 aromatic rings. The molecule has 0 aliphatic carbocycles. The lowest BCUT2D eigenvalue weighted by atomic mass is 10.1. The molecule has 0 aliphatic heterocycles. The van der Waals surface area contributed by atoms with Gasteiger partial charge in [0.1, 0.15) is 12.2 Å². The summed E-state index contributed by atoms with van der Waals surface area (Å²) in [6, 6.07) is 10.7. The molecule has 2 aromatic carbocycles. The summed E-state index contributed by atoms with van der Waals surface area (Å²) in [5.41, 5.74) is 0.487. The Kier molecular flexibility index (Phi) is 5.77. The first-order valence-electron chi connectivity index (χ1n) is 8.63. The molecule has 0 unspecified atom stereocenters. The van der Waals surface area contributed by atoms with Crippen molar-refractivity contribution >= 4 is 28.6 Å². The lowest BCUT2D eigenvalue weighted by molar-refractivity contribution is -0.386. The molecule has 0 bridgehead atoms. The van der Waals surface area contributed by atoms with E-state index in [0.29, 0.717) is 16.5 Å². The molecule has 0 amide bonds. The number of nitro benzene ring substituents is 1. The quantitative estimate of drug-likeness (QED) is 0.334. The van der Waals surface area contributed by atoms with Crippen LogP contribution in [-0.2, 0) is 16.1 Å². The van der Waals surface area contributed by atoms with E-state index >= 15 is 0 Å². The van der Waals surface area contributed by atoms with Gasteiger partial charge in [-0.25, -0.2) is 9.59 Å². The molecule has 3 rings (SSSR count). The third kappa shape index (κ3) is 4.03. The second-order valence-corrected chi connectivity index (χ2v) is 5.85. The number of rotatable bonds is 7. The Morgan fingerprint density at radius 1 is 1.14 bits per heavy atom. The first-order valence-corrected chi connectivity index (χ1v) is 8.63. The minimum atomic E-state index is -0.704. The van der Waals surface area contributed by atoms with Crippen LogP contribution in [0.2, 0.25) is 0 Å². The molecular formula is C20H17NO8. The predicted octanol–water partition coefficient (Wildman–Crippen LogP) is 3.88. The third-order valence-electron chi connectivity index (χ3n) is 4.11. The molecule has 9 nitrogen and oxygen atoms in total. The van der Waals surface area contributed by atoms with Crippen LogP contribution in [-0.4, -0.2) is 30.6 Å². The van der Waals surface area contributed by atoms with Crippen molar-refractivity contribution in [1.82, 2.24) is 0 Å². The summed E-state index contributed by atoms with van der Waals surface area (Å²) in [5.74, 6) is -1.45. The van der Waals surface area contributed by atoms with Crippen molar-refractivity contribution in [1.29, 1.82) is 0 Å². The number of nitrogens with zero attached hydrogens (tertiary/aromatic N) is 1. The minimum absolute atomic E-state index is 0.0209. The molecular weight excluding hydrogens is 382 g/mol. The van der Waals surface area contributed by atoms with Gasteiger partial charge in [-0.05, 0) is 25.1 Å². The van der Waals surface area contributed by atoms with Gasteiger partial charge in [0.05, 0.1) is 29.8 Å². The van der Waals surface area contributed by atoms with Gasteiger partial charge in [-0.3, -0.25) is 10.1 Å². The third-order valence-corrected chi connectivity index (χ3v) is 4.11. The fourth-order valence-corrected chi connectivity index (χ4v) is 2.78. The van der Waals surface area contributed by atoms with Crippen LogP contribution in [0.1, 0.15) is 33.4 Å². The highest BCUT2D eigenvalue weighted by Crippen LogP contribution is 2.32. The van der Waals surface area contributed by atoms with E-state index in [-0.39, 0.29) is 30.3 Å². The van der Waals surface area contributed by atoms with E-state index in [2.05, 4.69) is 4.74 Å². The highest BCUT2D eigenvalue weighted by Gasteiger charge is 2.24. The zero-order chi connectivity index (χ0) is 21.0. The van der Waals surface area contributed by atoms with Crippen LogP contribution in [0, 0.1) is 10.1 Å². The van der Waals surface area contributed by atoms with Crippen LogP contribution in [0.25, 0.3) is 11.0 Å². The predicted molar refractivity (Wildman–Crippen MR) is 101 cm³/mol. The van der Waals surface area contributed by atoms with E-state index in [1.807, 2.05) is 0 Å². The number of hydrogen-bond acceptors (Lipinski definition) is 8. The van der Waals surface area contributed by atoms with Crippen LogP contribution >= 0.6 is 0 Å². The molecule has 0 saturated heterocycles. The Balaban J connectivity index is 1.96. The molecule has 29 heavy (non-hydrogen) atoms. The molecule has 150 valence electrons. The number of fused-ring (bicyclic) bond motifs is 1. The van der Waals surface area contributed by atoms with Gasteiger partial charge >= 0.3 is 17.6 Å². The second kappa shape index (κ2) is 8.42. The van der Waals surface area contributed by atoms with Gasteiger partial charge in [0, 0.05) is 11.5 Å². The van der Waals surface area contributed by atoms with E-state index in [1.165, 1.54) is 19.2 Å². The highest BCUT2D eigenvalue weighted by atomic mass is 16.6. The maximum Gasteiger partial charge on any atom is 0.374 e. The zero-order valence-electron chi connectivity index (χ0n) is 15.7. The van der Waals surface area contributed by atoms with Crippen LogP contribution in [0.5, 0.6) is 5.75 Å². The molecule has 0 saturated carbocycles. The molecule has 0 radical (unpaired) electrons. The fourth-order valence-electron chi connectivity index (χ4n) is 2.78. The van der Waals surface area contributed by atoms with Crippen molar-refractivity contribution in [3.8, 4) is 5.75 Å². The number of carbonyl (C=O) groups is 2. The first-order chi connectivity index (χ1) is 14.0. The van der Waals surface area contributed by atoms with Crippen molar-refractivity contribution in [2.24, 2.45) is 0 Å². The van der Waals surface area contributed by atoms with Gasteiger partial charge in [-0.1, -0.05) is 18.2 Å². The second-order valence-electron chi connectivity index (χ2n) is 5.85. The lowest BCUT2D eigenvalue weighted by Gasteiger charge is -2.08. The van der Waals surface area contributed by atoms with Crippen molar-refractivity contribution in [3.63, 3.8) is 0 Å². The van der Waals surface area contributed by atoms with Gasteiger partial charge < -0.3 is 18.6 Å². The van der Waals surface area contributed by atoms with Crippen LogP contribution in [0.3, 0.4) is 0 Å². The van der Waals surface area contributed by atoms with E-state index < -0.39 is 22.5 Å². The number of hydrogen-bond donors (Lipinski definition) is 0. The Morgan fingerprint density at radius 3 is 2.59 bits per heavy atom. The normalized spacial score (nSPS) is 10.6. The number of carbonyl (C=O) groups excluding carboxylic acids is 2. The summed E-state index contributed by atoms with van der Waals surface area (Å²) in [7, 11) is 1.18.